The zero-order valence-corrected chi connectivity index (χ0v) is 18.7. The van der Waals surface area contributed by atoms with Crippen LogP contribution in [0.2, 0.25) is 0 Å². The molecule has 5 nitrogen and oxygen atoms in total. The molecule has 1 aliphatic heterocycles. The molecular weight excluding hydrogens is 429 g/mol. The Balaban J connectivity index is 1.86. The number of halogens is 1. The first kappa shape index (κ1) is 21.8. The number of aliphatic hydroxyl groups excluding tert-OH is 1. The molecular formula is C25H22FNO4S. The third kappa shape index (κ3) is 3.80. The van der Waals surface area contributed by atoms with Crippen molar-refractivity contribution in [1.82, 2.24) is 4.90 Å². The normalized spacial score (nSPS) is 17.8. The van der Waals surface area contributed by atoms with Gasteiger partial charge in [-0.1, -0.05) is 12.1 Å². The number of ketones is 1. The maximum atomic E-state index is 13.4. The number of thiophene rings is 1. The van der Waals surface area contributed by atoms with Crippen LogP contribution in [0.15, 0.2) is 59.5 Å². The summed E-state index contributed by atoms with van der Waals surface area (Å²) in [6.45, 7) is 3.82. The molecule has 0 saturated carbocycles. The highest BCUT2D eigenvalue weighted by atomic mass is 32.1. The fourth-order valence-electron chi connectivity index (χ4n) is 3.94. The van der Waals surface area contributed by atoms with Crippen molar-refractivity contribution in [2.45, 2.75) is 26.4 Å². The van der Waals surface area contributed by atoms with Crippen molar-refractivity contribution in [3.63, 3.8) is 0 Å². The lowest BCUT2D eigenvalue weighted by Crippen LogP contribution is -2.29. The van der Waals surface area contributed by atoms with Crippen molar-refractivity contribution in [3.05, 3.63) is 92.4 Å². The van der Waals surface area contributed by atoms with Crippen LogP contribution in [-0.2, 0) is 16.1 Å². The van der Waals surface area contributed by atoms with Crippen molar-refractivity contribution in [2.75, 3.05) is 7.11 Å². The fourth-order valence-corrected chi connectivity index (χ4v) is 4.99. The second-order valence-corrected chi connectivity index (χ2v) is 8.65. The van der Waals surface area contributed by atoms with Gasteiger partial charge in [-0.2, -0.15) is 0 Å². The van der Waals surface area contributed by atoms with Gasteiger partial charge in [-0.3, -0.25) is 9.59 Å². The van der Waals surface area contributed by atoms with Crippen LogP contribution in [0.3, 0.4) is 0 Å². The molecule has 7 heteroatoms. The number of nitrogens with zero attached hydrogens (tertiary/aromatic N) is 1. The number of hydrogen-bond donors (Lipinski definition) is 1. The van der Waals surface area contributed by atoms with E-state index in [-0.39, 0.29) is 23.7 Å². The van der Waals surface area contributed by atoms with Crippen LogP contribution in [0.1, 0.15) is 33.2 Å². The number of Topliss-reactive ketones (excluding diaryl/α,β-unsaturated/α-hetero) is 1. The second-order valence-electron chi connectivity index (χ2n) is 7.70. The molecule has 0 spiro atoms. The van der Waals surface area contributed by atoms with Crippen molar-refractivity contribution in [3.8, 4) is 5.75 Å². The highest BCUT2D eigenvalue weighted by molar-refractivity contribution is 7.10. The summed E-state index contributed by atoms with van der Waals surface area (Å²) in [6.07, 6.45) is 0. The molecule has 3 aromatic rings. The Hall–Kier alpha value is -3.45. The fraction of sp³-hybridized carbons (Fsp3) is 0.200. The van der Waals surface area contributed by atoms with E-state index < -0.39 is 17.7 Å². The van der Waals surface area contributed by atoms with Gasteiger partial charge in [-0.25, -0.2) is 4.39 Å². The summed E-state index contributed by atoms with van der Waals surface area (Å²) in [5.74, 6) is -1.40. The average Bonchev–Trinajstić information content (AvgIpc) is 3.30. The van der Waals surface area contributed by atoms with Crippen LogP contribution >= 0.6 is 11.3 Å². The first-order valence-electron chi connectivity index (χ1n) is 10.0. The standard InChI is InChI=1S/C25H22FNO4S/c1-14-10-11-32-24(14)21-20(22(28)19-9-8-18(31-3)12-15(19)2)23(29)25(30)27(21)13-16-4-6-17(26)7-5-16/h4-12,21,28H,13H2,1-3H3/b22-20+. The molecule has 1 unspecified atom stereocenters. The minimum atomic E-state index is -0.738. The van der Waals surface area contributed by atoms with E-state index in [4.69, 9.17) is 4.74 Å². The lowest BCUT2D eigenvalue weighted by Gasteiger charge is -2.25. The Morgan fingerprint density at radius 1 is 1.09 bits per heavy atom. The van der Waals surface area contributed by atoms with E-state index >= 15 is 0 Å². The molecule has 1 atom stereocenters. The van der Waals surface area contributed by atoms with Crippen molar-refractivity contribution >= 4 is 28.8 Å². The third-order valence-electron chi connectivity index (χ3n) is 5.64. The predicted molar refractivity (Wildman–Crippen MR) is 121 cm³/mol. The summed E-state index contributed by atoms with van der Waals surface area (Å²) in [4.78, 5) is 28.5. The first-order valence-corrected chi connectivity index (χ1v) is 10.9. The van der Waals surface area contributed by atoms with Crippen molar-refractivity contribution < 1.29 is 23.8 Å². The molecule has 1 amide bonds. The van der Waals surface area contributed by atoms with Gasteiger partial charge in [0.05, 0.1) is 12.7 Å². The van der Waals surface area contributed by atoms with E-state index in [0.29, 0.717) is 22.4 Å². The van der Waals surface area contributed by atoms with Gasteiger partial charge in [0.15, 0.2) is 0 Å². The van der Waals surface area contributed by atoms with E-state index in [1.54, 1.807) is 44.4 Å². The minimum absolute atomic E-state index is 0.0518. The maximum Gasteiger partial charge on any atom is 0.295 e. The molecule has 0 bridgehead atoms. The number of ether oxygens (including phenoxy) is 1. The monoisotopic (exact) mass is 451 g/mol. The molecule has 1 aromatic heterocycles. The molecule has 32 heavy (non-hydrogen) atoms. The summed E-state index contributed by atoms with van der Waals surface area (Å²) in [5, 5.41) is 13.1. The topological polar surface area (TPSA) is 66.8 Å². The predicted octanol–water partition coefficient (Wildman–Crippen LogP) is 5.13. The van der Waals surface area contributed by atoms with Crippen molar-refractivity contribution in [1.29, 1.82) is 0 Å². The van der Waals surface area contributed by atoms with E-state index in [2.05, 4.69) is 0 Å². The number of amides is 1. The number of benzene rings is 2. The zero-order chi connectivity index (χ0) is 23.0. The summed E-state index contributed by atoms with van der Waals surface area (Å²) in [5.41, 5.74) is 2.84. The number of carbonyl (C=O) groups is 2. The van der Waals surface area contributed by atoms with Gasteiger partial charge in [-0.15, -0.1) is 11.3 Å². The summed E-state index contributed by atoms with van der Waals surface area (Å²) >= 11 is 1.42. The number of carbonyl (C=O) groups excluding carboxylic acids is 2. The number of rotatable bonds is 5. The summed E-state index contributed by atoms with van der Waals surface area (Å²) < 4.78 is 18.6. The van der Waals surface area contributed by atoms with Gasteiger partial charge in [0, 0.05) is 17.0 Å². The first-order chi connectivity index (χ1) is 15.3. The van der Waals surface area contributed by atoms with Crippen LogP contribution in [0.4, 0.5) is 4.39 Å². The van der Waals surface area contributed by atoms with Crippen LogP contribution in [0.5, 0.6) is 5.75 Å². The summed E-state index contributed by atoms with van der Waals surface area (Å²) in [6, 6.07) is 12.1. The molecule has 1 N–H and O–H groups in total. The van der Waals surface area contributed by atoms with Crippen molar-refractivity contribution in [2.24, 2.45) is 0 Å². The number of aliphatic hydroxyl groups is 1. The SMILES string of the molecule is COc1ccc(/C(O)=C2\C(=O)C(=O)N(Cc3ccc(F)cc3)C2c2sccc2C)c(C)c1. The molecule has 2 aromatic carbocycles. The van der Waals surface area contributed by atoms with Gasteiger partial charge in [-0.05, 0) is 72.3 Å². The summed E-state index contributed by atoms with van der Waals surface area (Å²) in [7, 11) is 1.55. The average molecular weight is 452 g/mol. The van der Waals surface area contributed by atoms with E-state index in [0.717, 1.165) is 10.4 Å². The maximum absolute atomic E-state index is 13.4. The number of likely N-dealkylation sites (tertiary alicyclic amines) is 1. The lowest BCUT2D eigenvalue weighted by atomic mass is 9.96. The Morgan fingerprint density at radius 2 is 1.81 bits per heavy atom. The van der Waals surface area contributed by atoms with E-state index in [1.165, 1.54) is 28.4 Å². The van der Waals surface area contributed by atoms with Crippen LogP contribution < -0.4 is 4.74 Å². The third-order valence-corrected chi connectivity index (χ3v) is 6.72. The zero-order valence-electron chi connectivity index (χ0n) is 17.9. The van der Waals surface area contributed by atoms with E-state index in [1.807, 2.05) is 18.4 Å². The Bertz CT molecular complexity index is 1230. The molecule has 0 aliphatic carbocycles. The lowest BCUT2D eigenvalue weighted by molar-refractivity contribution is -0.140. The van der Waals surface area contributed by atoms with E-state index in [9.17, 15) is 19.1 Å². The van der Waals surface area contributed by atoms with Gasteiger partial charge >= 0.3 is 0 Å². The van der Waals surface area contributed by atoms with Crippen LogP contribution in [0, 0.1) is 19.7 Å². The number of methoxy groups -OCH3 is 1. The highest BCUT2D eigenvalue weighted by Crippen LogP contribution is 2.43. The molecule has 1 saturated heterocycles. The largest absolute Gasteiger partial charge is 0.507 e. The van der Waals surface area contributed by atoms with Crippen LogP contribution in [-0.4, -0.2) is 28.8 Å². The molecule has 4 rings (SSSR count). The molecule has 2 heterocycles. The highest BCUT2D eigenvalue weighted by Gasteiger charge is 2.47. The molecule has 164 valence electrons. The van der Waals surface area contributed by atoms with Gasteiger partial charge in [0.1, 0.15) is 23.4 Å². The Labute approximate surface area is 189 Å². The number of aryl methyl sites for hydroxylation is 2. The Kier molecular flexibility index (Phi) is 5.84. The molecule has 1 aliphatic rings. The molecule has 1 fully saturated rings. The van der Waals surface area contributed by atoms with Gasteiger partial charge in [0.25, 0.3) is 11.7 Å². The second kappa shape index (κ2) is 8.59. The minimum Gasteiger partial charge on any atom is -0.507 e. The quantitative estimate of drug-likeness (QED) is 0.332. The Morgan fingerprint density at radius 3 is 2.41 bits per heavy atom. The smallest absolute Gasteiger partial charge is 0.295 e. The van der Waals surface area contributed by atoms with Crippen LogP contribution in [0.25, 0.3) is 5.76 Å². The number of hydrogen-bond acceptors (Lipinski definition) is 5. The van der Waals surface area contributed by atoms with Gasteiger partial charge < -0.3 is 14.7 Å². The molecule has 0 radical (unpaired) electrons. The van der Waals surface area contributed by atoms with Gasteiger partial charge in [0.2, 0.25) is 0 Å².